The zero-order valence-corrected chi connectivity index (χ0v) is 14.7. The minimum absolute atomic E-state index is 0.0985. The number of hydrogen-bond acceptors (Lipinski definition) is 7. The van der Waals surface area contributed by atoms with Crippen LogP contribution in [0.2, 0.25) is 0 Å². The molecule has 8 heteroatoms. The Balaban J connectivity index is 1.63. The molecule has 1 aliphatic heterocycles. The highest BCUT2D eigenvalue weighted by Crippen LogP contribution is 2.30. The Hall–Kier alpha value is -2.87. The van der Waals surface area contributed by atoms with E-state index < -0.39 is 22.4 Å². The van der Waals surface area contributed by atoms with Crippen LogP contribution >= 0.6 is 0 Å². The maximum Gasteiger partial charge on any atom is 0.338 e. The van der Waals surface area contributed by atoms with E-state index in [4.69, 9.17) is 14.2 Å². The number of carbonyl (C=O) groups is 2. The Morgan fingerprint density at radius 3 is 2.23 bits per heavy atom. The summed E-state index contributed by atoms with van der Waals surface area (Å²) >= 11 is 0. The summed E-state index contributed by atoms with van der Waals surface area (Å²) in [4.78, 5) is 24.3. The molecule has 0 atom stereocenters. The van der Waals surface area contributed by atoms with Crippen LogP contribution in [0.5, 0.6) is 11.5 Å². The summed E-state index contributed by atoms with van der Waals surface area (Å²) in [5, 5.41) is 0. The van der Waals surface area contributed by atoms with Crippen LogP contribution in [0.3, 0.4) is 0 Å². The standard InChI is InChI=1S/C18H16O7S/c1-26(21,22)14-5-2-12(3-6-14)18(20)25-11-15(19)13-4-7-16-17(10-13)24-9-8-23-16/h2-7,10H,8-9,11H2,1H3. The number of esters is 1. The highest BCUT2D eigenvalue weighted by atomic mass is 32.2. The Bertz CT molecular complexity index is 946. The molecular weight excluding hydrogens is 360 g/mol. The predicted molar refractivity (Wildman–Crippen MR) is 91.6 cm³/mol. The molecule has 7 nitrogen and oxygen atoms in total. The predicted octanol–water partition coefficient (Wildman–Crippen LogP) is 1.90. The van der Waals surface area contributed by atoms with E-state index in [0.717, 1.165) is 6.26 Å². The minimum Gasteiger partial charge on any atom is -0.486 e. The summed E-state index contributed by atoms with van der Waals surface area (Å²) in [6.45, 7) is 0.422. The number of Topliss-reactive ketones (excluding diaryl/α,β-unsaturated/α-hetero) is 1. The van der Waals surface area contributed by atoms with Crippen molar-refractivity contribution in [2.45, 2.75) is 4.90 Å². The summed E-state index contributed by atoms with van der Waals surface area (Å²) in [6, 6.07) is 10.1. The van der Waals surface area contributed by atoms with Gasteiger partial charge in [0.15, 0.2) is 33.7 Å². The molecular formula is C18H16O7S. The van der Waals surface area contributed by atoms with Gasteiger partial charge >= 0.3 is 5.97 Å². The highest BCUT2D eigenvalue weighted by Gasteiger charge is 2.17. The van der Waals surface area contributed by atoms with Gasteiger partial charge in [-0.1, -0.05) is 0 Å². The van der Waals surface area contributed by atoms with E-state index in [1.807, 2.05) is 0 Å². The van der Waals surface area contributed by atoms with Gasteiger partial charge in [-0.05, 0) is 42.5 Å². The molecule has 3 rings (SSSR count). The van der Waals surface area contributed by atoms with Crippen molar-refractivity contribution in [1.29, 1.82) is 0 Å². The molecule has 0 spiro atoms. The Labute approximate surface area is 150 Å². The van der Waals surface area contributed by atoms with Crippen molar-refractivity contribution >= 4 is 21.6 Å². The monoisotopic (exact) mass is 376 g/mol. The number of sulfone groups is 1. The summed E-state index contributed by atoms with van der Waals surface area (Å²) < 4.78 is 38.6. The van der Waals surface area contributed by atoms with Crippen molar-refractivity contribution in [2.75, 3.05) is 26.1 Å². The molecule has 0 aliphatic carbocycles. The lowest BCUT2D eigenvalue weighted by Gasteiger charge is -2.18. The topological polar surface area (TPSA) is 96.0 Å². The van der Waals surface area contributed by atoms with Crippen LogP contribution in [0.4, 0.5) is 0 Å². The first-order chi connectivity index (χ1) is 12.3. The lowest BCUT2D eigenvalue weighted by Crippen LogP contribution is -2.17. The van der Waals surface area contributed by atoms with Crippen LogP contribution in [-0.4, -0.2) is 46.2 Å². The second-order valence-electron chi connectivity index (χ2n) is 5.65. The fourth-order valence-corrected chi connectivity index (χ4v) is 2.98. The lowest BCUT2D eigenvalue weighted by molar-refractivity contribution is 0.0474. The molecule has 0 radical (unpaired) electrons. The fourth-order valence-electron chi connectivity index (χ4n) is 2.35. The number of ether oxygens (including phenoxy) is 3. The molecule has 0 aromatic heterocycles. The van der Waals surface area contributed by atoms with Crippen LogP contribution < -0.4 is 9.47 Å². The summed E-state index contributed by atoms with van der Waals surface area (Å²) in [5.74, 6) is -0.0559. The van der Waals surface area contributed by atoms with Gasteiger partial charge in [0, 0.05) is 11.8 Å². The molecule has 0 saturated heterocycles. The molecule has 0 saturated carbocycles. The Kier molecular flexibility index (Phi) is 4.94. The number of fused-ring (bicyclic) bond motifs is 1. The largest absolute Gasteiger partial charge is 0.486 e. The van der Waals surface area contributed by atoms with Crippen LogP contribution in [0, 0.1) is 0 Å². The number of ketones is 1. The van der Waals surface area contributed by atoms with Gasteiger partial charge in [-0.25, -0.2) is 13.2 Å². The summed E-state index contributed by atoms with van der Waals surface area (Å²) in [5.41, 5.74) is 0.502. The first-order valence-electron chi connectivity index (χ1n) is 7.75. The lowest BCUT2D eigenvalue weighted by atomic mass is 10.1. The van der Waals surface area contributed by atoms with Crippen molar-refractivity contribution < 1.29 is 32.2 Å². The maximum atomic E-state index is 12.2. The minimum atomic E-state index is -3.34. The zero-order chi connectivity index (χ0) is 18.7. The Morgan fingerprint density at radius 1 is 0.962 bits per heavy atom. The molecule has 0 amide bonds. The molecule has 0 fully saturated rings. The van der Waals surface area contributed by atoms with Crippen molar-refractivity contribution in [2.24, 2.45) is 0 Å². The van der Waals surface area contributed by atoms with E-state index in [2.05, 4.69) is 0 Å². The van der Waals surface area contributed by atoms with Crippen LogP contribution in [0.1, 0.15) is 20.7 Å². The second kappa shape index (κ2) is 7.17. The smallest absolute Gasteiger partial charge is 0.338 e. The SMILES string of the molecule is CS(=O)(=O)c1ccc(C(=O)OCC(=O)c2ccc3c(c2)OCCO3)cc1. The Morgan fingerprint density at radius 2 is 1.58 bits per heavy atom. The fraction of sp³-hybridized carbons (Fsp3) is 0.222. The quantitative estimate of drug-likeness (QED) is 0.581. The van der Waals surface area contributed by atoms with Gasteiger partial charge in [0.2, 0.25) is 0 Å². The summed E-state index contributed by atoms with van der Waals surface area (Å²) in [6.07, 6.45) is 1.08. The van der Waals surface area contributed by atoms with Crippen molar-refractivity contribution in [3.05, 3.63) is 53.6 Å². The van der Waals surface area contributed by atoms with Crippen LogP contribution in [-0.2, 0) is 14.6 Å². The molecule has 0 unspecified atom stereocenters. The molecule has 2 aromatic rings. The molecule has 0 bridgehead atoms. The molecule has 136 valence electrons. The normalized spacial score (nSPS) is 13.1. The third-order valence-corrected chi connectivity index (χ3v) is 4.85. The van der Waals surface area contributed by atoms with Crippen molar-refractivity contribution in [3.8, 4) is 11.5 Å². The van der Waals surface area contributed by atoms with Gasteiger partial charge in [-0.15, -0.1) is 0 Å². The van der Waals surface area contributed by atoms with Gasteiger partial charge in [0.1, 0.15) is 13.2 Å². The first-order valence-corrected chi connectivity index (χ1v) is 9.64. The highest BCUT2D eigenvalue weighted by molar-refractivity contribution is 7.90. The molecule has 1 heterocycles. The number of rotatable bonds is 5. The van der Waals surface area contributed by atoms with Crippen LogP contribution in [0.25, 0.3) is 0 Å². The van der Waals surface area contributed by atoms with Crippen molar-refractivity contribution in [3.63, 3.8) is 0 Å². The van der Waals surface area contributed by atoms with E-state index in [9.17, 15) is 18.0 Å². The average Bonchev–Trinajstić information content (AvgIpc) is 2.64. The van der Waals surface area contributed by atoms with E-state index in [1.54, 1.807) is 18.2 Å². The van der Waals surface area contributed by atoms with Gasteiger partial charge in [-0.3, -0.25) is 4.79 Å². The van der Waals surface area contributed by atoms with E-state index in [1.165, 1.54) is 24.3 Å². The van der Waals surface area contributed by atoms with Gasteiger partial charge in [0.25, 0.3) is 0 Å². The third-order valence-electron chi connectivity index (χ3n) is 3.72. The van der Waals surface area contributed by atoms with E-state index in [0.29, 0.717) is 30.3 Å². The number of hydrogen-bond donors (Lipinski definition) is 0. The third kappa shape index (κ3) is 4.02. The van der Waals surface area contributed by atoms with Gasteiger partial charge in [0.05, 0.1) is 10.5 Å². The molecule has 2 aromatic carbocycles. The summed E-state index contributed by atoms with van der Waals surface area (Å²) in [7, 11) is -3.34. The molecule has 26 heavy (non-hydrogen) atoms. The van der Waals surface area contributed by atoms with Crippen LogP contribution in [0.15, 0.2) is 47.4 Å². The van der Waals surface area contributed by atoms with Crippen molar-refractivity contribution in [1.82, 2.24) is 0 Å². The zero-order valence-electron chi connectivity index (χ0n) is 13.9. The van der Waals surface area contributed by atoms with Gasteiger partial charge < -0.3 is 14.2 Å². The second-order valence-corrected chi connectivity index (χ2v) is 7.67. The van der Waals surface area contributed by atoms with E-state index in [-0.39, 0.29) is 16.2 Å². The van der Waals surface area contributed by atoms with Gasteiger partial charge in [-0.2, -0.15) is 0 Å². The molecule has 1 aliphatic rings. The van der Waals surface area contributed by atoms with E-state index >= 15 is 0 Å². The first kappa shape index (κ1) is 17.9. The average molecular weight is 376 g/mol. The maximum absolute atomic E-state index is 12.2. The number of benzene rings is 2. The molecule has 0 N–H and O–H groups in total. The number of carbonyl (C=O) groups excluding carboxylic acids is 2.